The molecule has 0 aromatic heterocycles. The van der Waals surface area contributed by atoms with E-state index in [1.54, 1.807) is 12.8 Å². The van der Waals surface area contributed by atoms with Crippen molar-refractivity contribution in [3.8, 4) is 0 Å². The first-order valence-electron chi connectivity index (χ1n) is 7.01. The number of hydrogen-bond donors (Lipinski definition) is 0. The van der Waals surface area contributed by atoms with E-state index in [-0.39, 0.29) is 0 Å². The molecule has 5 aliphatic carbocycles. The smallest absolute Gasteiger partial charge is 0.0224 e. The zero-order valence-electron chi connectivity index (χ0n) is 10.6. The lowest BCUT2D eigenvalue weighted by atomic mass is 9.62. The molecule has 0 heterocycles. The van der Waals surface area contributed by atoms with E-state index in [1.165, 1.54) is 6.42 Å². The molecule has 0 aromatic carbocycles. The molecule has 15 heavy (non-hydrogen) atoms. The molecule has 7 atom stereocenters. The van der Waals surface area contributed by atoms with Crippen LogP contribution in [0.25, 0.3) is 0 Å². The summed E-state index contributed by atoms with van der Waals surface area (Å²) in [6.07, 6.45) is 4.69. The molecule has 5 rings (SSSR count). The predicted octanol–water partition coefficient (Wildman–Crippen LogP) is 3.96. The Kier molecular flexibility index (Phi) is 1.31. The van der Waals surface area contributed by atoms with Crippen molar-refractivity contribution in [3.05, 3.63) is 0 Å². The summed E-state index contributed by atoms with van der Waals surface area (Å²) in [7, 11) is 0. The Balaban J connectivity index is 1.81. The van der Waals surface area contributed by atoms with Gasteiger partial charge in [0.1, 0.15) is 0 Å². The highest BCUT2D eigenvalue weighted by molar-refractivity contribution is 5.33. The van der Waals surface area contributed by atoms with Gasteiger partial charge in [-0.3, -0.25) is 0 Å². The minimum absolute atomic E-state index is 0.787. The highest BCUT2D eigenvalue weighted by atomic mass is 14.9. The molecule has 7 unspecified atom stereocenters. The minimum atomic E-state index is 0.787. The maximum Gasteiger partial charge on any atom is -0.0224 e. The van der Waals surface area contributed by atoms with Gasteiger partial charge in [-0.15, -0.1) is 0 Å². The van der Waals surface area contributed by atoms with Crippen LogP contribution >= 0.6 is 0 Å². The maximum absolute atomic E-state index is 2.64. The average Bonchev–Trinajstić information content (AvgIpc) is 2.44. The molecular weight excluding hydrogens is 180 g/mol. The van der Waals surface area contributed by atoms with E-state index in [2.05, 4.69) is 27.7 Å². The van der Waals surface area contributed by atoms with Crippen molar-refractivity contribution in [1.82, 2.24) is 0 Å². The summed E-state index contributed by atoms with van der Waals surface area (Å²) in [5.74, 6) is 6.52. The lowest BCUT2D eigenvalue weighted by Crippen LogP contribution is -2.36. The van der Waals surface area contributed by atoms with Crippen molar-refractivity contribution in [3.63, 3.8) is 0 Å². The summed E-state index contributed by atoms with van der Waals surface area (Å²) in [6.45, 7) is 10.2. The molecule has 0 amide bonds. The van der Waals surface area contributed by atoms with E-state index in [9.17, 15) is 0 Å². The second kappa shape index (κ2) is 2.17. The minimum Gasteiger partial charge on any atom is -0.0625 e. The molecule has 5 aliphatic rings. The predicted molar refractivity (Wildman–Crippen MR) is 62.4 cm³/mol. The average molecular weight is 204 g/mol. The summed E-state index contributed by atoms with van der Waals surface area (Å²) in [5.41, 5.74) is 1.60. The molecule has 6 bridgehead atoms. The van der Waals surface area contributed by atoms with Crippen molar-refractivity contribution in [2.75, 3.05) is 0 Å². The van der Waals surface area contributed by atoms with Crippen LogP contribution in [0.15, 0.2) is 0 Å². The first-order valence-corrected chi connectivity index (χ1v) is 7.01. The lowest BCUT2D eigenvalue weighted by molar-refractivity contribution is 0.0554. The van der Waals surface area contributed by atoms with E-state index in [1.807, 2.05) is 0 Å². The largest absolute Gasteiger partial charge is 0.0625 e. The maximum atomic E-state index is 2.64. The van der Waals surface area contributed by atoms with Gasteiger partial charge < -0.3 is 0 Å². The molecule has 0 heteroatoms. The van der Waals surface area contributed by atoms with Gasteiger partial charge in [-0.1, -0.05) is 27.7 Å². The molecule has 0 spiro atoms. The Morgan fingerprint density at radius 2 is 1.87 bits per heavy atom. The van der Waals surface area contributed by atoms with Gasteiger partial charge in [-0.05, 0) is 65.6 Å². The fourth-order valence-electron chi connectivity index (χ4n) is 6.91. The van der Waals surface area contributed by atoms with Gasteiger partial charge >= 0.3 is 0 Å². The monoisotopic (exact) mass is 204 g/mol. The first kappa shape index (κ1) is 9.07. The van der Waals surface area contributed by atoms with Gasteiger partial charge in [-0.2, -0.15) is 0 Å². The molecule has 5 saturated carbocycles. The summed E-state index contributed by atoms with van der Waals surface area (Å²) >= 11 is 0. The van der Waals surface area contributed by atoms with Crippen LogP contribution in [0.2, 0.25) is 0 Å². The molecule has 5 fully saturated rings. The van der Waals surface area contributed by atoms with Crippen LogP contribution in [-0.2, 0) is 0 Å². The molecule has 0 nitrogen and oxygen atoms in total. The number of hydrogen-bond acceptors (Lipinski definition) is 0. The summed E-state index contributed by atoms with van der Waals surface area (Å²) < 4.78 is 0. The second-order valence-electron chi connectivity index (χ2n) is 7.77. The third-order valence-corrected chi connectivity index (χ3v) is 7.31. The Hall–Kier alpha value is 0. The summed E-state index contributed by atoms with van der Waals surface area (Å²) in [4.78, 5) is 0. The Bertz CT molecular complexity index is 331. The third kappa shape index (κ3) is 0.691. The van der Waals surface area contributed by atoms with E-state index >= 15 is 0 Å². The molecular formula is C15H24. The van der Waals surface area contributed by atoms with E-state index in [4.69, 9.17) is 0 Å². The van der Waals surface area contributed by atoms with Crippen LogP contribution in [-0.4, -0.2) is 0 Å². The first-order chi connectivity index (χ1) is 7.01. The fourth-order valence-corrected chi connectivity index (χ4v) is 6.91. The third-order valence-electron chi connectivity index (χ3n) is 7.31. The molecule has 84 valence electrons. The van der Waals surface area contributed by atoms with Crippen molar-refractivity contribution in [2.24, 2.45) is 46.3 Å². The number of rotatable bonds is 1. The molecule has 0 aliphatic heterocycles. The Labute approximate surface area is 93.8 Å². The zero-order chi connectivity index (χ0) is 10.6. The molecule has 0 saturated heterocycles. The fraction of sp³-hybridized carbons (Fsp3) is 1.00. The zero-order valence-corrected chi connectivity index (χ0v) is 10.6. The van der Waals surface area contributed by atoms with Gasteiger partial charge in [0.25, 0.3) is 0 Å². The van der Waals surface area contributed by atoms with Crippen LogP contribution in [0.3, 0.4) is 0 Å². The van der Waals surface area contributed by atoms with Crippen molar-refractivity contribution in [1.29, 1.82) is 0 Å². The van der Waals surface area contributed by atoms with Gasteiger partial charge in [0.05, 0.1) is 0 Å². The highest BCUT2D eigenvalue weighted by Gasteiger charge is 2.86. The van der Waals surface area contributed by atoms with Gasteiger partial charge in [0.15, 0.2) is 0 Å². The van der Waals surface area contributed by atoms with E-state index < -0.39 is 0 Å². The molecule has 0 radical (unpaired) electrons. The molecule has 0 N–H and O–H groups in total. The topological polar surface area (TPSA) is 0 Å². The van der Waals surface area contributed by atoms with Crippen LogP contribution in [0, 0.1) is 46.3 Å². The molecule has 0 aromatic rings. The van der Waals surface area contributed by atoms with Crippen LogP contribution in [0.5, 0.6) is 0 Å². The SMILES string of the molecule is CC(C)C1CCC2(C)C3CC4C2C4(C)C13. The highest BCUT2D eigenvalue weighted by Crippen LogP contribution is 2.91. The second-order valence-corrected chi connectivity index (χ2v) is 7.77. The van der Waals surface area contributed by atoms with Crippen LogP contribution in [0.1, 0.15) is 47.0 Å². The Morgan fingerprint density at radius 3 is 2.47 bits per heavy atom. The summed E-state index contributed by atoms with van der Waals surface area (Å²) in [6, 6.07) is 0. The van der Waals surface area contributed by atoms with Gasteiger partial charge in [-0.25, -0.2) is 0 Å². The summed E-state index contributed by atoms with van der Waals surface area (Å²) in [5, 5.41) is 0. The lowest BCUT2D eigenvalue weighted by Gasteiger charge is -2.43. The van der Waals surface area contributed by atoms with Gasteiger partial charge in [0, 0.05) is 0 Å². The van der Waals surface area contributed by atoms with Crippen LogP contribution < -0.4 is 0 Å². The van der Waals surface area contributed by atoms with Crippen molar-refractivity contribution in [2.45, 2.75) is 47.0 Å². The van der Waals surface area contributed by atoms with Gasteiger partial charge in [0.2, 0.25) is 0 Å². The normalized spacial score (nSPS) is 69.0. The van der Waals surface area contributed by atoms with Crippen molar-refractivity contribution < 1.29 is 0 Å². The Morgan fingerprint density at radius 1 is 1.13 bits per heavy atom. The standard InChI is InChI=1S/C15H24/c1-8(2)9-5-6-14(3)10-7-11-13(14)15(11,4)12(9)10/h8-13H,5-7H2,1-4H3. The van der Waals surface area contributed by atoms with E-state index in [0.29, 0.717) is 0 Å². The van der Waals surface area contributed by atoms with E-state index in [0.717, 1.165) is 46.3 Å². The quantitative estimate of drug-likeness (QED) is 0.606. The van der Waals surface area contributed by atoms with Crippen molar-refractivity contribution >= 4 is 0 Å². The van der Waals surface area contributed by atoms with Crippen LogP contribution in [0.4, 0.5) is 0 Å².